The van der Waals surface area contributed by atoms with Gasteiger partial charge in [0.1, 0.15) is 6.04 Å². The number of carboxylic acid groups (broad SMARTS) is 1. The molecule has 0 radical (unpaired) electrons. The Morgan fingerprint density at radius 3 is 2.03 bits per heavy atom. The van der Waals surface area contributed by atoms with Gasteiger partial charge in [-0.1, -0.05) is 12.1 Å². The van der Waals surface area contributed by atoms with Gasteiger partial charge in [0.25, 0.3) is 11.6 Å². The summed E-state index contributed by atoms with van der Waals surface area (Å²) in [7, 11) is -3.92. The van der Waals surface area contributed by atoms with Crippen LogP contribution >= 0.6 is 0 Å². The molecule has 1 atom stereocenters. The molecule has 2 aromatic rings. The molecule has 0 heterocycles. The van der Waals surface area contributed by atoms with Gasteiger partial charge in [0, 0.05) is 24.1 Å². The largest absolute Gasteiger partial charge is 0.480 e. The summed E-state index contributed by atoms with van der Waals surface area (Å²) in [6.45, 7) is -1.07. The van der Waals surface area contributed by atoms with E-state index in [1.54, 1.807) is 0 Å². The summed E-state index contributed by atoms with van der Waals surface area (Å²) in [5, 5.41) is 31.7. The number of sulfonamides is 1. The Morgan fingerprint density at radius 2 is 1.51 bits per heavy atom. The van der Waals surface area contributed by atoms with Crippen molar-refractivity contribution >= 4 is 39.4 Å². The third-order valence-corrected chi connectivity index (χ3v) is 5.45. The van der Waals surface area contributed by atoms with Crippen LogP contribution in [0.5, 0.6) is 0 Å². The van der Waals surface area contributed by atoms with Crippen LogP contribution in [0.4, 0.5) is 5.69 Å². The number of hydrogen-bond donors (Lipinski definition) is 5. The first-order valence-corrected chi connectivity index (χ1v) is 11.3. The van der Waals surface area contributed by atoms with Crippen molar-refractivity contribution in [2.24, 2.45) is 5.14 Å². The maximum absolute atomic E-state index is 12.0. The minimum Gasteiger partial charge on any atom is -0.480 e. The van der Waals surface area contributed by atoms with Crippen molar-refractivity contribution < 1.29 is 37.6 Å². The van der Waals surface area contributed by atoms with Gasteiger partial charge in [-0.25, -0.2) is 18.4 Å². The minimum absolute atomic E-state index is 0.0680. The van der Waals surface area contributed by atoms with Crippen LogP contribution in [0.25, 0.3) is 0 Å². The van der Waals surface area contributed by atoms with Gasteiger partial charge in [0.05, 0.1) is 22.9 Å². The maximum Gasteiger partial charge on any atom is 0.326 e. The fourth-order valence-corrected chi connectivity index (χ4v) is 3.25. The van der Waals surface area contributed by atoms with E-state index < -0.39 is 57.8 Å². The summed E-state index contributed by atoms with van der Waals surface area (Å²) in [5.41, 5.74) is 0.339. The van der Waals surface area contributed by atoms with E-state index in [1.807, 2.05) is 0 Å². The quantitative estimate of drug-likeness (QED) is 0.183. The second kappa shape index (κ2) is 11.7. The van der Waals surface area contributed by atoms with E-state index in [2.05, 4.69) is 16.0 Å². The topological polar surface area (TPSA) is 228 Å². The lowest BCUT2D eigenvalue weighted by molar-refractivity contribution is -0.384. The summed E-state index contributed by atoms with van der Waals surface area (Å²) >= 11 is 0. The van der Waals surface area contributed by atoms with Crippen LogP contribution in [0.2, 0.25) is 0 Å². The van der Waals surface area contributed by atoms with Crippen LogP contribution in [0.3, 0.4) is 0 Å². The zero-order valence-corrected chi connectivity index (χ0v) is 18.8. The zero-order chi connectivity index (χ0) is 26.2. The predicted octanol–water partition coefficient (Wildman–Crippen LogP) is -1.10. The lowest BCUT2D eigenvalue weighted by atomic mass is 10.1. The number of carbonyl (C=O) groups is 4. The van der Waals surface area contributed by atoms with Gasteiger partial charge >= 0.3 is 5.97 Å². The Kier molecular flexibility index (Phi) is 8.96. The monoisotopic (exact) mass is 507 g/mol. The van der Waals surface area contributed by atoms with E-state index in [4.69, 9.17) is 5.14 Å². The van der Waals surface area contributed by atoms with Crippen LogP contribution in [0.15, 0.2) is 53.4 Å². The highest BCUT2D eigenvalue weighted by Crippen LogP contribution is 2.13. The third kappa shape index (κ3) is 8.49. The molecule has 0 saturated carbocycles. The van der Waals surface area contributed by atoms with E-state index in [-0.39, 0.29) is 22.6 Å². The van der Waals surface area contributed by atoms with Gasteiger partial charge in [-0.2, -0.15) is 0 Å². The number of aliphatic carboxylic acids is 1. The Labute approximate surface area is 198 Å². The molecule has 14 nitrogen and oxygen atoms in total. The Hall–Kier alpha value is -4.37. The molecule has 0 aliphatic heterocycles. The number of primary sulfonamides is 1. The molecule has 1 unspecified atom stereocenters. The van der Waals surface area contributed by atoms with Gasteiger partial charge in [-0.05, 0) is 29.8 Å². The molecule has 0 bridgehead atoms. The minimum atomic E-state index is -3.92. The third-order valence-electron chi connectivity index (χ3n) is 4.52. The molecule has 0 saturated heterocycles. The summed E-state index contributed by atoms with van der Waals surface area (Å²) in [6, 6.07) is 8.47. The maximum atomic E-state index is 12.0. The Morgan fingerprint density at radius 1 is 0.943 bits per heavy atom. The highest BCUT2D eigenvalue weighted by atomic mass is 32.2. The number of benzene rings is 2. The molecule has 15 heteroatoms. The van der Waals surface area contributed by atoms with Crippen molar-refractivity contribution in [1.29, 1.82) is 0 Å². The number of carbonyl (C=O) groups excluding carboxylic acids is 3. The molecule has 3 amide bonds. The second-order valence-corrected chi connectivity index (χ2v) is 8.68. The van der Waals surface area contributed by atoms with Crippen LogP contribution in [0, 0.1) is 10.1 Å². The average Bonchev–Trinajstić information content (AvgIpc) is 2.80. The molecule has 2 rings (SSSR count). The molecule has 0 spiro atoms. The number of nitrogens with two attached hydrogens (primary N) is 1. The highest BCUT2D eigenvalue weighted by Gasteiger charge is 2.21. The summed E-state index contributed by atoms with van der Waals surface area (Å²) in [4.78, 5) is 57.3. The lowest BCUT2D eigenvalue weighted by Crippen LogP contribution is -2.47. The van der Waals surface area contributed by atoms with E-state index in [9.17, 15) is 42.8 Å². The number of nitro benzene ring substituents is 1. The molecule has 0 aliphatic carbocycles. The van der Waals surface area contributed by atoms with E-state index in [1.165, 1.54) is 36.4 Å². The fourth-order valence-electron chi connectivity index (χ4n) is 2.73. The first-order chi connectivity index (χ1) is 16.4. The van der Waals surface area contributed by atoms with Crippen molar-refractivity contribution in [1.82, 2.24) is 16.0 Å². The molecule has 0 aliphatic rings. The predicted molar refractivity (Wildman–Crippen MR) is 120 cm³/mol. The number of nitro groups is 1. The van der Waals surface area contributed by atoms with Gasteiger partial charge in [-0.15, -0.1) is 0 Å². The van der Waals surface area contributed by atoms with Gasteiger partial charge in [-0.3, -0.25) is 24.5 Å². The van der Waals surface area contributed by atoms with Crippen molar-refractivity contribution in [3.05, 3.63) is 69.8 Å². The molecular formula is C20H21N5O9S. The number of hydrogen-bond acceptors (Lipinski definition) is 8. The molecule has 2 aromatic carbocycles. The molecule has 0 fully saturated rings. The zero-order valence-electron chi connectivity index (χ0n) is 18.0. The van der Waals surface area contributed by atoms with E-state index >= 15 is 0 Å². The average molecular weight is 507 g/mol. The van der Waals surface area contributed by atoms with Gasteiger partial charge in [0.15, 0.2) is 0 Å². The molecule has 6 N–H and O–H groups in total. The lowest BCUT2D eigenvalue weighted by Gasteiger charge is -2.15. The highest BCUT2D eigenvalue weighted by molar-refractivity contribution is 7.89. The number of nitrogens with one attached hydrogen (secondary N) is 3. The number of nitrogens with zero attached hydrogens (tertiary/aromatic N) is 1. The number of non-ortho nitro benzene ring substituents is 1. The van der Waals surface area contributed by atoms with Crippen molar-refractivity contribution in [2.75, 3.05) is 13.1 Å². The summed E-state index contributed by atoms with van der Waals surface area (Å²) in [5.74, 6) is -3.57. The van der Waals surface area contributed by atoms with Crippen molar-refractivity contribution in [3.63, 3.8) is 0 Å². The van der Waals surface area contributed by atoms with Gasteiger partial charge < -0.3 is 21.1 Å². The summed E-state index contributed by atoms with van der Waals surface area (Å²) < 4.78 is 22.4. The number of amides is 3. The van der Waals surface area contributed by atoms with Crippen molar-refractivity contribution in [3.8, 4) is 0 Å². The Bertz CT molecular complexity index is 1230. The first kappa shape index (κ1) is 26.9. The van der Waals surface area contributed by atoms with E-state index in [0.29, 0.717) is 5.56 Å². The first-order valence-electron chi connectivity index (χ1n) is 9.80. The van der Waals surface area contributed by atoms with E-state index in [0.717, 1.165) is 12.1 Å². The second-order valence-electron chi connectivity index (χ2n) is 7.11. The normalized spacial score (nSPS) is 11.7. The molecule has 186 valence electrons. The Balaban J connectivity index is 1.81. The SMILES string of the molecule is NS(=O)(=O)c1ccc(C(=O)NCC(=O)NCC(=O)NC(Cc2ccc([N+](=O)[O-])cc2)C(=O)O)cc1. The number of rotatable bonds is 11. The van der Waals surface area contributed by atoms with Crippen LogP contribution < -0.4 is 21.1 Å². The number of carboxylic acids is 1. The summed E-state index contributed by atoms with van der Waals surface area (Å²) in [6.07, 6.45) is -0.146. The van der Waals surface area contributed by atoms with Crippen LogP contribution in [0.1, 0.15) is 15.9 Å². The van der Waals surface area contributed by atoms with Crippen LogP contribution in [-0.4, -0.2) is 61.3 Å². The molecule has 0 aromatic heterocycles. The van der Waals surface area contributed by atoms with Gasteiger partial charge in [0.2, 0.25) is 21.8 Å². The molecule has 35 heavy (non-hydrogen) atoms. The molecular weight excluding hydrogens is 486 g/mol. The standard InChI is InChI=1S/C20H21N5O9S/c21-35(33,34)15-7-3-13(4-8-15)19(28)23-10-17(26)22-11-18(27)24-16(20(29)30)9-12-1-5-14(6-2-12)25(31)32/h1-8,16H,9-11H2,(H,22,26)(H,23,28)(H,24,27)(H,29,30)(H2,21,33,34). The smallest absolute Gasteiger partial charge is 0.326 e. The van der Waals surface area contributed by atoms with Crippen molar-refractivity contribution in [2.45, 2.75) is 17.4 Å². The van der Waals surface area contributed by atoms with Crippen LogP contribution in [-0.2, 0) is 30.8 Å². The fraction of sp³-hybridized carbons (Fsp3) is 0.200.